The molecule has 0 aliphatic heterocycles. The van der Waals surface area contributed by atoms with Crippen LogP contribution >= 0.6 is 23.4 Å². The quantitative estimate of drug-likeness (QED) is 0.471. The van der Waals surface area contributed by atoms with Crippen molar-refractivity contribution in [3.8, 4) is 0 Å². The van der Waals surface area contributed by atoms with Crippen molar-refractivity contribution in [3.05, 3.63) is 58.0 Å². The van der Waals surface area contributed by atoms with Crippen LogP contribution in [-0.4, -0.2) is 25.7 Å². The van der Waals surface area contributed by atoms with Crippen LogP contribution < -0.4 is 10.9 Å². The molecule has 0 saturated heterocycles. The van der Waals surface area contributed by atoms with Crippen LogP contribution in [-0.2, 0) is 4.79 Å². The van der Waals surface area contributed by atoms with Gasteiger partial charge >= 0.3 is 0 Å². The van der Waals surface area contributed by atoms with Gasteiger partial charge in [0.05, 0.1) is 21.2 Å². The van der Waals surface area contributed by atoms with Crippen LogP contribution in [0.15, 0.2) is 52.5 Å². The number of benzene rings is 1. The number of amides is 1. The average Bonchev–Trinajstić information content (AvgIpc) is 2.69. The maximum Gasteiger partial charge on any atom is 0.262 e. The van der Waals surface area contributed by atoms with Gasteiger partial charge in [0.25, 0.3) is 5.56 Å². The van der Waals surface area contributed by atoms with E-state index in [0.29, 0.717) is 26.9 Å². The summed E-state index contributed by atoms with van der Waals surface area (Å²) in [6, 6.07) is 10.5. The van der Waals surface area contributed by atoms with Crippen LogP contribution in [0.3, 0.4) is 0 Å². The van der Waals surface area contributed by atoms with Gasteiger partial charge < -0.3 is 5.32 Å². The second kappa shape index (κ2) is 8.75. The smallest absolute Gasteiger partial charge is 0.262 e. The number of anilines is 1. The fourth-order valence-corrected chi connectivity index (χ4v) is 3.79. The standard InChI is InChI=1S/C20H21ClN4O2S/c1-4-12(2)25-19(27)15-7-5-6-8-16(15)23-20(25)28-13(3)18(26)24-17-10-9-14(21)11-22-17/h5-13H,4H2,1-3H3,(H,22,24,26)/t12-,13+/m0/s1. The summed E-state index contributed by atoms with van der Waals surface area (Å²) in [5.74, 6) is 0.200. The number of nitrogens with one attached hydrogen (secondary N) is 1. The van der Waals surface area contributed by atoms with Crippen LogP contribution in [0, 0.1) is 0 Å². The van der Waals surface area contributed by atoms with Crippen molar-refractivity contribution < 1.29 is 4.79 Å². The van der Waals surface area contributed by atoms with Crippen molar-refractivity contribution in [2.75, 3.05) is 5.32 Å². The zero-order valence-electron chi connectivity index (χ0n) is 15.8. The first-order valence-corrected chi connectivity index (χ1v) is 10.3. The Hall–Kier alpha value is -2.38. The summed E-state index contributed by atoms with van der Waals surface area (Å²) in [6.45, 7) is 5.77. The minimum absolute atomic E-state index is 0.0275. The van der Waals surface area contributed by atoms with Crippen molar-refractivity contribution in [3.63, 3.8) is 0 Å². The van der Waals surface area contributed by atoms with E-state index in [1.807, 2.05) is 32.0 Å². The maximum absolute atomic E-state index is 13.0. The molecule has 8 heteroatoms. The molecule has 0 saturated carbocycles. The van der Waals surface area contributed by atoms with Crippen molar-refractivity contribution in [1.82, 2.24) is 14.5 Å². The lowest BCUT2D eigenvalue weighted by Crippen LogP contribution is -2.28. The number of thioether (sulfide) groups is 1. The summed E-state index contributed by atoms with van der Waals surface area (Å²) in [5.41, 5.74) is 0.538. The second-order valence-corrected chi connectivity index (χ2v) is 8.20. The van der Waals surface area contributed by atoms with Crippen LogP contribution in [0.5, 0.6) is 0 Å². The van der Waals surface area contributed by atoms with Gasteiger partial charge in [-0.2, -0.15) is 0 Å². The molecule has 1 amide bonds. The number of carbonyl (C=O) groups excluding carboxylic acids is 1. The molecule has 0 unspecified atom stereocenters. The van der Waals surface area contributed by atoms with Gasteiger partial charge in [-0.25, -0.2) is 9.97 Å². The summed E-state index contributed by atoms with van der Waals surface area (Å²) in [6.07, 6.45) is 2.25. The molecule has 146 valence electrons. The molecule has 0 fully saturated rings. The van der Waals surface area contributed by atoms with Crippen LogP contribution in [0.25, 0.3) is 10.9 Å². The van der Waals surface area contributed by atoms with E-state index in [2.05, 4.69) is 15.3 Å². The molecule has 2 aromatic heterocycles. The number of rotatable bonds is 6. The highest BCUT2D eigenvalue weighted by atomic mass is 35.5. The van der Waals surface area contributed by atoms with Gasteiger partial charge in [-0.1, -0.05) is 42.4 Å². The zero-order chi connectivity index (χ0) is 20.3. The molecule has 2 atom stereocenters. The van der Waals surface area contributed by atoms with Gasteiger partial charge in [0.15, 0.2) is 5.16 Å². The van der Waals surface area contributed by atoms with Gasteiger partial charge in [-0.05, 0) is 44.5 Å². The summed E-state index contributed by atoms with van der Waals surface area (Å²) >= 11 is 7.08. The largest absolute Gasteiger partial charge is 0.310 e. The monoisotopic (exact) mass is 416 g/mol. The van der Waals surface area contributed by atoms with Crippen molar-refractivity contribution in [2.45, 2.75) is 43.6 Å². The number of carbonyl (C=O) groups is 1. The molecule has 3 aromatic rings. The van der Waals surface area contributed by atoms with Gasteiger partial charge in [0.1, 0.15) is 5.82 Å². The number of para-hydroxylation sites is 1. The maximum atomic E-state index is 13.0. The van der Waals surface area contributed by atoms with Crippen molar-refractivity contribution in [2.24, 2.45) is 0 Å². The number of pyridine rings is 1. The molecular weight excluding hydrogens is 396 g/mol. The molecular formula is C20H21ClN4O2S. The van der Waals surface area contributed by atoms with Gasteiger partial charge in [-0.15, -0.1) is 0 Å². The topological polar surface area (TPSA) is 76.9 Å². The molecule has 28 heavy (non-hydrogen) atoms. The Bertz CT molecular complexity index is 1050. The highest BCUT2D eigenvalue weighted by Gasteiger charge is 2.21. The van der Waals surface area contributed by atoms with Gasteiger partial charge in [0, 0.05) is 12.2 Å². The van der Waals surface area contributed by atoms with Crippen molar-refractivity contribution >= 4 is 46.0 Å². The number of hydrogen-bond donors (Lipinski definition) is 1. The Balaban J connectivity index is 1.90. The Labute approximate surface area is 172 Å². The van der Waals surface area contributed by atoms with E-state index in [-0.39, 0.29) is 17.5 Å². The van der Waals surface area contributed by atoms with Crippen LogP contribution in [0.1, 0.15) is 33.2 Å². The molecule has 0 aliphatic carbocycles. The minimum atomic E-state index is -0.471. The van der Waals surface area contributed by atoms with E-state index >= 15 is 0 Å². The zero-order valence-corrected chi connectivity index (χ0v) is 17.4. The first-order valence-electron chi connectivity index (χ1n) is 9.01. The van der Waals surface area contributed by atoms with Crippen molar-refractivity contribution in [1.29, 1.82) is 0 Å². The molecule has 1 N–H and O–H groups in total. The average molecular weight is 417 g/mol. The lowest BCUT2D eigenvalue weighted by atomic mass is 10.2. The molecule has 1 aromatic carbocycles. The summed E-state index contributed by atoms with van der Waals surface area (Å²) < 4.78 is 1.68. The van der Waals surface area contributed by atoms with Crippen LogP contribution in [0.2, 0.25) is 5.02 Å². The second-order valence-electron chi connectivity index (χ2n) is 6.45. The highest BCUT2D eigenvalue weighted by Crippen LogP contribution is 2.26. The molecule has 3 rings (SSSR count). The first-order chi connectivity index (χ1) is 13.4. The van der Waals surface area contributed by atoms with E-state index in [1.165, 1.54) is 18.0 Å². The summed E-state index contributed by atoms with van der Waals surface area (Å²) in [7, 11) is 0. The van der Waals surface area contributed by atoms with E-state index < -0.39 is 5.25 Å². The SMILES string of the molecule is CC[C@H](C)n1c(S[C@H](C)C(=O)Nc2ccc(Cl)cn2)nc2ccccc2c1=O. The van der Waals surface area contributed by atoms with Crippen LogP contribution in [0.4, 0.5) is 5.82 Å². The third kappa shape index (κ3) is 4.36. The van der Waals surface area contributed by atoms with E-state index in [4.69, 9.17) is 11.6 Å². The van der Waals surface area contributed by atoms with Gasteiger partial charge in [0.2, 0.25) is 5.91 Å². The lowest BCUT2D eigenvalue weighted by Gasteiger charge is -2.20. The highest BCUT2D eigenvalue weighted by molar-refractivity contribution is 8.00. The summed E-state index contributed by atoms with van der Waals surface area (Å²) in [4.78, 5) is 34.3. The van der Waals surface area contributed by atoms with E-state index in [1.54, 1.807) is 29.7 Å². The third-order valence-electron chi connectivity index (χ3n) is 4.44. The fourth-order valence-electron chi connectivity index (χ4n) is 2.67. The number of fused-ring (bicyclic) bond motifs is 1. The first kappa shape index (κ1) is 20.4. The summed E-state index contributed by atoms with van der Waals surface area (Å²) in [5, 5.41) is 3.90. The molecule has 0 bridgehead atoms. The van der Waals surface area contributed by atoms with E-state index in [0.717, 1.165) is 6.42 Å². The molecule has 0 aliphatic rings. The fraction of sp³-hybridized carbons (Fsp3) is 0.300. The predicted octanol–water partition coefficient (Wildman–Crippen LogP) is 4.54. The Morgan fingerprint density at radius 2 is 2.00 bits per heavy atom. The number of halogens is 1. The molecule has 2 heterocycles. The molecule has 0 spiro atoms. The van der Waals surface area contributed by atoms with E-state index in [9.17, 15) is 9.59 Å². The normalized spacial score (nSPS) is 13.3. The molecule has 0 radical (unpaired) electrons. The Kier molecular flexibility index (Phi) is 6.36. The third-order valence-corrected chi connectivity index (χ3v) is 5.73. The number of nitrogens with zero attached hydrogens (tertiary/aromatic N) is 3. The Morgan fingerprint density at radius 1 is 1.25 bits per heavy atom. The minimum Gasteiger partial charge on any atom is -0.310 e. The number of hydrogen-bond acceptors (Lipinski definition) is 5. The molecule has 6 nitrogen and oxygen atoms in total. The van der Waals surface area contributed by atoms with Gasteiger partial charge in [-0.3, -0.25) is 14.2 Å². The number of aromatic nitrogens is 3. The Morgan fingerprint density at radius 3 is 2.68 bits per heavy atom. The predicted molar refractivity (Wildman–Crippen MR) is 114 cm³/mol. The lowest BCUT2D eigenvalue weighted by molar-refractivity contribution is -0.115.